The standard InChI is InChI=1S/C30H23N5O5S/c1-17-23(35(38)39)24(40-32-17)25-29(26(41)31-30(25)20-13-7-8-14-21(20)33(2)28(30)37)19-12-6-9-15-22(19)34(27(29)36)16-18-10-4-3-5-11-18/h3-15,25H,16H2,1-2H3,(H,31,41)/t25-,29-,30-/m0/s1. The number of hydrogen-bond acceptors (Lipinski definition) is 7. The van der Waals surface area contributed by atoms with Gasteiger partial charge < -0.3 is 19.6 Å². The number of nitrogens with one attached hydrogen (secondary N) is 1. The molecule has 41 heavy (non-hydrogen) atoms. The van der Waals surface area contributed by atoms with Gasteiger partial charge >= 0.3 is 5.69 Å². The van der Waals surface area contributed by atoms with Gasteiger partial charge in [-0.2, -0.15) is 0 Å². The van der Waals surface area contributed by atoms with E-state index < -0.39 is 33.6 Å². The molecule has 2 amide bonds. The van der Waals surface area contributed by atoms with Crippen molar-refractivity contribution in [1.82, 2.24) is 10.5 Å². The van der Waals surface area contributed by atoms with E-state index in [9.17, 15) is 19.7 Å². The average molecular weight is 566 g/mol. The number of fused-ring (bicyclic) bond motifs is 4. The lowest BCUT2D eigenvalue weighted by Gasteiger charge is -2.33. The second-order valence-electron chi connectivity index (χ2n) is 10.5. The number of para-hydroxylation sites is 2. The molecule has 0 radical (unpaired) electrons. The molecule has 1 aromatic heterocycles. The number of hydrogen-bond donors (Lipinski definition) is 1. The quantitative estimate of drug-likeness (QED) is 0.221. The Bertz CT molecular complexity index is 1810. The van der Waals surface area contributed by atoms with Crippen LogP contribution in [0.4, 0.5) is 17.1 Å². The van der Waals surface area contributed by atoms with Crippen LogP contribution in [0.2, 0.25) is 0 Å². The minimum atomic E-state index is -1.69. The Morgan fingerprint density at radius 1 is 0.976 bits per heavy atom. The van der Waals surface area contributed by atoms with Crippen LogP contribution in [0.5, 0.6) is 0 Å². The average Bonchev–Trinajstić information content (AvgIpc) is 3.63. The summed E-state index contributed by atoms with van der Waals surface area (Å²) in [5.41, 5.74) is -0.496. The van der Waals surface area contributed by atoms with Crippen LogP contribution >= 0.6 is 12.2 Å². The van der Waals surface area contributed by atoms with Crippen LogP contribution in [0.15, 0.2) is 83.4 Å². The second kappa shape index (κ2) is 8.55. The van der Waals surface area contributed by atoms with Gasteiger partial charge in [-0.15, -0.1) is 0 Å². The van der Waals surface area contributed by atoms with E-state index in [4.69, 9.17) is 16.7 Å². The maximum Gasteiger partial charge on any atom is 0.334 e. The molecular formula is C30H23N5O5S. The number of amides is 2. The number of anilines is 2. The van der Waals surface area contributed by atoms with Crippen molar-refractivity contribution in [2.45, 2.75) is 30.3 Å². The van der Waals surface area contributed by atoms with Gasteiger partial charge in [0.05, 0.1) is 22.4 Å². The molecule has 3 aliphatic rings. The Morgan fingerprint density at radius 3 is 2.32 bits per heavy atom. The zero-order chi connectivity index (χ0) is 28.7. The topological polar surface area (TPSA) is 122 Å². The van der Waals surface area contributed by atoms with Gasteiger partial charge in [0.15, 0.2) is 11.2 Å². The highest BCUT2D eigenvalue weighted by molar-refractivity contribution is 7.80. The summed E-state index contributed by atoms with van der Waals surface area (Å²) in [4.78, 5) is 44.4. The van der Waals surface area contributed by atoms with Crippen LogP contribution in [0.25, 0.3) is 0 Å². The lowest BCUT2D eigenvalue weighted by molar-refractivity contribution is -0.386. The van der Waals surface area contributed by atoms with E-state index in [0.717, 1.165) is 5.56 Å². The summed E-state index contributed by atoms with van der Waals surface area (Å²) in [6.45, 7) is 1.70. The third-order valence-corrected chi connectivity index (χ3v) is 8.98. The molecule has 0 saturated carbocycles. The van der Waals surface area contributed by atoms with E-state index >= 15 is 0 Å². The van der Waals surface area contributed by atoms with E-state index in [1.807, 2.05) is 42.5 Å². The van der Waals surface area contributed by atoms with Crippen LogP contribution in [0, 0.1) is 17.0 Å². The second-order valence-corrected chi connectivity index (χ2v) is 10.9. The van der Waals surface area contributed by atoms with Crippen molar-refractivity contribution in [3.63, 3.8) is 0 Å². The molecule has 10 nitrogen and oxygen atoms in total. The lowest BCUT2D eigenvalue weighted by Crippen LogP contribution is -2.52. The van der Waals surface area contributed by atoms with Gasteiger partial charge in [-0.05, 0) is 30.2 Å². The maximum atomic E-state index is 15.0. The molecule has 3 aliphatic heterocycles. The molecule has 1 saturated heterocycles. The third-order valence-electron chi connectivity index (χ3n) is 8.55. The summed E-state index contributed by atoms with van der Waals surface area (Å²) >= 11 is 6.02. The van der Waals surface area contributed by atoms with Gasteiger partial charge in [0.25, 0.3) is 5.91 Å². The molecule has 4 aromatic rings. The van der Waals surface area contributed by atoms with Crippen LogP contribution in [-0.4, -0.2) is 33.9 Å². The zero-order valence-corrected chi connectivity index (χ0v) is 22.8. The number of thiocarbonyl (C=S) groups is 1. The molecule has 11 heteroatoms. The SMILES string of the molecule is Cc1noc([C@H]2[C@]3(C(=O)N(Cc4ccccc4)c4ccccc43)C(=S)N[C@]23C(=O)N(C)c2ccccc23)c1[N+](=O)[O-]. The van der Waals surface area contributed by atoms with Crippen molar-refractivity contribution in [1.29, 1.82) is 0 Å². The van der Waals surface area contributed by atoms with E-state index in [0.29, 0.717) is 22.5 Å². The number of likely N-dealkylation sites (N-methyl/N-ethyl adjacent to an activating group) is 1. The Balaban J connectivity index is 1.56. The number of carbonyl (C=O) groups excluding carboxylic acids is 2. The van der Waals surface area contributed by atoms with Gasteiger partial charge in [0.2, 0.25) is 11.7 Å². The number of nitro groups is 1. The van der Waals surface area contributed by atoms with Crippen molar-refractivity contribution in [3.8, 4) is 0 Å². The predicted molar refractivity (Wildman–Crippen MR) is 154 cm³/mol. The minimum Gasteiger partial charge on any atom is -0.360 e. The van der Waals surface area contributed by atoms with E-state index in [-0.39, 0.29) is 28.7 Å². The number of benzene rings is 3. The number of aryl methyl sites for hydroxylation is 1. The Labute approximate surface area is 239 Å². The molecule has 3 atom stereocenters. The highest BCUT2D eigenvalue weighted by Gasteiger charge is 2.76. The first kappa shape index (κ1) is 25.1. The summed E-state index contributed by atoms with van der Waals surface area (Å²) in [5.74, 6) is -2.23. The normalized spacial score (nSPS) is 24.3. The van der Waals surface area contributed by atoms with Crippen LogP contribution in [-0.2, 0) is 27.1 Å². The Morgan fingerprint density at radius 2 is 1.61 bits per heavy atom. The van der Waals surface area contributed by atoms with Crippen molar-refractivity contribution < 1.29 is 19.0 Å². The predicted octanol–water partition coefficient (Wildman–Crippen LogP) is 4.26. The van der Waals surface area contributed by atoms with Crippen molar-refractivity contribution in [3.05, 3.63) is 117 Å². The van der Waals surface area contributed by atoms with Gasteiger partial charge in [-0.3, -0.25) is 19.7 Å². The summed E-state index contributed by atoms with van der Waals surface area (Å²) in [6.07, 6.45) is 0. The number of rotatable bonds is 4. The molecule has 1 fully saturated rings. The van der Waals surface area contributed by atoms with E-state index in [1.54, 1.807) is 48.3 Å². The summed E-state index contributed by atoms with van der Waals surface area (Å²) in [6, 6.07) is 23.9. The highest BCUT2D eigenvalue weighted by atomic mass is 32.1. The van der Waals surface area contributed by atoms with Crippen molar-refractivity contribution in [2.24, 2.45) is 0 Å². The van der Waals surface area contributed by atoms with Crippen LogP contribution in [0.1, 0.15) is 34.1 Å². The first-order valence-corrected chi connectivity index (χ1v) is 13.4. The van der Waals surface area contributed by atoms with Gasteiger partial charge in [-0.25, -0.2) is 0 Å². The van der Waals surface area contributed by atoms with Crippen LogP contribution < -0.4 is 15.1 Å². The molecule has 0 unspecified atom stereocenters. The molecular weight excluding hydrogens is 542 g/mol. The zero-order valence-electron chi connectivity index (χ0n) is 22.0. The summed E-state index contributed by atoms with van der Waals surface area (Å²) in [5, 5.41) is 19.6. The molecule has 3 aromatic carbocycles. The fourth-order valence-electron chi connectivity index (χ4n) is 6.88. The van der Waals surface area contributed by atoms with Crippen molar-refractivity contribution in [2.75, 3.05) is 16.8 Å². The lowest BCUT2D eigenvalue weighted by atomic mass is 9.63. The summed E-state index contributed by atoms with van der Waals surface area (Å²) in [7, 11) is 1.63. The van der Waals surface area contributed by atoms with Crippen molar-refractivity contribution >= 4 is 46.1 Å². The number of carbonyl (C=O) groups is 2. The first-order valence-electron chi connectivity index (χ1n) is 13.0. The fourth-order valence-corrected chi connectivity index (χ4v) is 7.36. The molecule has 0 bridgehead atoms. The monoisotopic (exact) mass is 565 g/mol. The van der Waals surface area contributed by atoms with E-state index in [1.165, 1.54) is 11.8 Å². The minimum absolute atomic E-state index is 0.0417. The fraction of sp³-hybridized carbons (Fsp3) is 0.200. The first-order chi connectivity index (χ1) is 19.7. The largest absolute Gasteiger partial charge is 0.360 e. The maximum absolute atomic E-state index is 15.0. The number of aromatic nitrogens is 1. The highest BCUT2D eigenvalue weighted by Crippen LogP contribution is 2.64. The molecule has 7 rings (SSSR count). The summed E-state index contributed by atoms with van der Waals surface area (Å²) < 4.78 is 5.75. The molecule has 204 valence electrons. The smallest absolute Gasteiger partial charge is 0.334 e. The Kier molecular flexibility index (Phi) is 5.23. The molecule has 0 aliphatic carbocycles. The van der Waals surface area contributed by atoms with E-state index in [2.05, 4.69) is 10.5 Å². The molecule has 1 N–H and O–H groups in total. The number of nitrogens with zero attached hydrogens (tertiary/aromatic N) is 4. The van der Waals surface area contributed by atoms with Gasteiger partial charge in [0, 0.05) is 24.0 Å². The third kappa shape index (κ3) is 3.01. The Hall–Kier alpha value is -4.90. The van der Waals surface area contributed by atoms with Gasteiger partial charge in [-0.1, -0.05) is 84.1 Å². The molecule has 2 spiro atoms. The van der Waals surface area contributed by atoms with Crippen LogP contribution in [0.3, 0.4) is 0 Å². The van der Waals surface area contributed by atoms with Gasteiger partial charge in [0.1, 0.15) is 5.41 Å². The molecule has 4 heterocycles.